The minimum absolute atomic E-state index is 0.106. The molecule has 52 valence electrons. The quantitative estimate of drug-likeness (QED) is 0.618. The fourth-order valence-electron chi connectivity index (χ4n) is 0.818. The lowest BCUT2D eigenvalue weighted by molar-refractivity contribution is -0.118. The molecule has 0 aliphatic carbocycles. The molecule has 1 aliphatic rings. The SMILES string of the molecule is CCC(=O)C1NCCS1. The molecule has 0 radical (unpaired) electrons. The van der Waals surface area contributed by atoms with Crippen LogP contribution in [0.4, 0.5) is 0 Å². The highest BCUT2D eigenvalue weighted by atomic mass is 32.2. The summed E-state index contributed by atoms with van der Waals surface area (Å²) in [5.74, 6) is 1.41. The molecule has 0 amide bonds. The normalized spacial score (nSPS) is 26.6. The van der Waals surface area contributed by atoms with Crippen LogP contribution in [0.1, 0.15) is 13.3 Å². The van der Waals surface area contributed by atoms with E-state index in [-0.39, 0.29) is 5.37 Å². The molecule has 0 aromatic rings. The predicted octanol–water partition coefficient (Wildman–Crippen LogP) is 0.628. The van der Waals surface area contributed by atoms with Gasteiger partial charge in [0, 0.05) is 18.7 Å². The van der Waals surface area contributed by atoms with Gasteiger partial charge in [0.2, 0.25) is 0 Å². The van der Waals surface area contributed by atoms with E-state index in [1.807, 2.05) is 6.92 Å². The van der Waals surface area contributed by atoms with Crippen molar-refractivity contribution in [2.45, 2.75) is 18.7 Å². The lowest BCUT2D eigenvalue weighted by Crippen LogP contribution is -2.27. The summed E-state index contributed by atoms with van der Waals surface area (Å²) in [4.78, 5) is 10.9. The molecule has 1 unspecified atom stereocenters. The summed E-state index contributed by atoms with van der Waals surface area (Å²) >= 11 is 1.71. The Bertz CT molecular complexity index is 110. The Morgan fingerprint density at radius 3 is 3.11 bits per heavy atom. The molecule has 0 aromatic carbocycles. The van der Waals surface area contributed by atoms with Crippen LogP contribution < -0.4 is 5.32 Å². The van der Waals surface area contributed by atoms with Crippen LogP contribution >= 0.6 is 11.8 Å². The van der Waals surface area contributed by atoms with Gasteiger partial charge in [-0.1, -0.05) is 6.92 Å². The number of carbonyl (C=O) groups excluding carboxylic acids is 1. The highest BCUT2D eigenvalue weighted by Gasteiger charge is 2.20. The first-order chi connectivity index (χ1) is 4.34. The molecule has 9 heavy (non-hydrogen) atoms. The monoisotopic (exact) mass is 145 g/mol. The smallest absolute Gasteiger partial charge is 0.159 e. The van der Waals surface area contributed by atoms with E-state index in [2.05, 4.69) is 5.32 Å². The van der Waals surface area contributed by atoms with Crippen molar-refractivity contribution in [3.63, 3.8) is 0 Å². The van der Waals surface area contributed by atoms with Gasteiger partial charge in [-0.3, -0.25) is 10.1 Å². The van der Waals surface area contributed by atoms with E-state index >= 15 is 0 Å². The van der Waals surface area contributed by atoms with Gasteiger partial charge in [0.15, 0.2) is 5.78 Å². The van der Waals surface area contributed by atoms with Gasteiger partial charge in [-0.05, 0) is 0 Å². The molecule has 1 N–H and O–H groups in total. The van der Waals surface area contributed by atoms with Crippen molar-refractivity contribution >= 4 is 17.5 Å². The Labute approximate surface area is 59.4 Å². The highest BCUT2D eigenvalue weighted by molar-refractivity contribution is 8.00. The molecule has 0 aromatic heterocycles. The summed E-state index contributed by atoms with van der Waals surface area (Å²) < 4.78 is 0. The van der Waals surface area contributed by atoms with E-state index in [1.54, 1.807) is 11.8 Å². The first-order valence-corrected chi connectivity index (χ1v) is 4.27. The number of Topliss-reactive ketones (excluding diaryl/α,β-unsaturated/α-hetero) is 1. The van der Waals surface area contributed by atoms with Crippen molar-refractivity contribution in [2.75, 3.05) is 12.3 Å². The molecule has 0 saturated carbocycles. The third kappa shape index (κ3) is 1.69. The van der Waals surface area contributed by atoms with Crippen LogP contribution in [-0.4, -0.2) is 23.5 Å². The van der Waals surface area contributed by atoms with Crippen LogP contribution in [0.2, 0.25) is 0 Å². The van der Waals surface area contributed by atoms with Crippen molar-refractivity contribution < 1.29 is 4.79 Å². The Hall–Kier alpha value is -0.0200. The first-order valence-electron chi connectivity index (χ1n) is 3.22. The van der Waals surface area contributed by atoms with Gasteiger partial charge >= 0.3 is 0 Å². The summed E-state index contributed by atoms with van der Waals surface area (Å²) in [6, 6.07) is 0. The standard InChI is InChI=1S/C6H11NOS/c1-2-5(8)6-7-3-4-9-6/h6-7H,2-4H2,1H3. The van der Waals surface area contributed by atoms with Gasteiger partial charge in [-0.15, -0.1) is 11.8 Å². The minimum atomic E-state index is 0.106. The van der Waals surface area contributed by atoms with E-state index in [0.29, 0.717) is 12.2 Å². The van der Waals surface area contributed by atoms with Crippen LogP contribution in [0.3, 0.4) is 0 Å². The number of hydrogen-bond acceptors (Lipinski definition) is 3. The number of nitrogens with one attached hydrogen (secondary N) is 1. The van der Waals surface area contributed by atoms with Gasteiger partial charge in [-0.2, -0.15) is 0 Å². The van der Waals surface area contributed by atoms with E-state index < -0.39 is 0 Å². The van der Waals surface area contributed by atoms with Crippen molar-refractivity contribution in [3.8, 4) is 0 Å². The second kappa shape index (κ2) is 3.22. The molecule has 0 spiro atoms. The topological polar surface area (TPSA) is 29.1 Å². The van der Waals surface area contributed by atoms with Gasteiger partial charge < -0.3 is 0 Å². The molecule has 1 atom stereocenters. The van der Waals surface area contributed by atoms with Crippen LogP contribution in [-0.2, 0) is 4.79 Å². The van der Waals surface area contributed by atoms with Crippen LogP contribution in [0.25, 0.3) is 0 Å². The Kier molecular flexibility index (Phi) is 2.54. The fourth-order valence-corrected chi connectivity index (χ4v) is 1.88. The molecule has 1 heterocycles. The summed E-state index contributed by atoms with van der Waals surface area (Å²) in [5.41, 5.74) is 0. The molecule has 0 bridgehead atoms. The molecule has 1 rings (SSSR count). The molecule has 1 saturated heterocycles. The molecular weight excluding hydrogens is 134 g/mol. The Morgan fingerprint density at radius 1 is 1.89 bits per heavy atom. The van der Waals surface area contributed by atoms with Crippen molar-refractivity contribution in [2.24, 2.45) is 0 Å². The summed E-state index contributed by atoms with van der Waals surface area (Å²) in [6.07, 6.45) is 0.657. The van der Waals surface area contributed by atoms with Crippen LogP contribution in [0.15, 0.2) is 0 Å². The first kappa shape index (κ1) is 7.09. The number of carbonyl (C=O) groups is 1. The molecule has 2 nitrogen and oxygen atoms in total. The molecular formula is C6H11NOS. The summed E-state index contributed by atoms with van der Waals surface area (Å²) in [5, 5.41) is 3.23. The maximum Gasteiger partial charge on any atom is 0.159 e. The Balaban J connectivity index is 2.32. The molecule has 3 heteroatoms. The second-order valence-electron chi connectivity index (χ2n) is 2.02. The van der Waals surface area contributed by atoms with Crippen molar-refractivity contribution in [1.29, 1.82) is 0 Å². The number of ketones is 1. The number of hydrogen-bond donors (Lipinski definition) is 1. The lowest BCUT2D eigenvalue weighted by atomic mass is 10.3. The largest absolute Gasteiger partial charge is 0.298 e. The van der Waals surface area contributed by atoms with Crippen molar-refractivity contribution in [3.05, 3.63) is 0 Å². The Morgan fingerprint density at radius 2 is 2.67 bits per heavy atom. The number of thioether (sulfide) groups is 1. The zero-order valence-corrected chi connectivity index (χ0v) is 6.33. The van der Waals surface area contributed by atoms with E-state index in [4.69, 9.17) is 0 Å². The van der Waals surface area contributed by atoms with E-state index in [1.165, 1.54) is 0 Å². The van der Waals surface area contributed by atoms with E-state index in [0.717, 1.165) is 12.3 Å². The third-order valence-electron chi connectivity index (χ3n) is 1.36. The summed E-state index contributed by atoms with van der Waals surface area (Å²) in [6.45, 7) is 2.89. The zero-order chi connectivity index (χ0) is 6.69. The average Bonchev–Trinajstić information content (AvgIpc) is 2.37. The van der Waals surface area contributed by atoms with Gasteiger partial charge in [0.1, 0.15) is 5.37 Å². The van der Waals surface area contributed by atoms with Gasteiger partial charge in [0.25, 0.3) is 0 Å². The average molecular weight is 145 g/mol. The van der Waals surface area contributed by atoms with Crippen LogP contribution in [0.5, 0.6) is 0 Å². The highest BCUT2D eigenvalue weighted by Crippen LogP contribution is 2.14. The van der Waals surface area contributed by atoms with E-state index in [9.17, 15) is 4.79 Å². The molecule has 1 aliphatic heterocycles. The predicted molar refractivity (Wildman–Crippen MR) is 39.5 cm³/mol. The number of rotatable bonds is 2. The lowest BCUT2D eigenvalue weighted by Gasteiger charge is -2.03. The zero-order valence-electron chi connectivity index (χ0n) is 5.52. The van der Waals surface area contributed by atoms with Crippen LogP contribution in [0, 0.1) is 0 Å². The second-order valence-corrected chi connectivity index (χ2v) is 3.24. The third-order valence-corrected chi connectivity index (χ3v) is 2.56. The maximum atomic E-state index is 10.9. The fraction of sp³-hybridized carbons (Fsp3) is 0.833. The minimum Gasteiger partial charge on any atom is -0.298 e. The van der Waals surface area contributed by atoms with Gasteiger partial charge in [-0.25, -0.2) is 0 Å². The summed E-state index contributed by atoms with van der Waals surface area (Å²) in [7, 11) is 0. The van der Waals surface area contributed by atoms with Crippen molar-refractivity contribution in [1.82, 2.24) is 5.32 Å². The molecule has 1 fully saturated rings. The van der Waals surface area contributed by atoms with Gasteiger partial charge in [0.05, 0.1) is 0 Å². The maximum absolute atomic E-state index is 10.9.